The average molecular weight is 318 g/mol. The molecule has 0 saturated carbocycles. The second-order valence-electron chi connectivity index (χ2n) is 6.43. The third-order valence-corrected chi connectivity index (χ3v) is 3.41. The molecule has 0 spiro atoms. The summed E-state index contributed by atoms with van der Waals surface area (Å²) in [6, 6.07) is 3.78. The molecular formula is C17H22N2O4. The van der Waals surface area contributed by atoms with Crippen molar-refractivity contribution in [2.24, 2.45) is 0 Å². The van der Waals surface area contributed by atoms with Crippen molar-refractivity contribution in [3.63, 3.8) is 0 Å². The highest BCUT2D eigenvalue weighted by Crippen LogP contribution is 2.27. The molecular weight excluding hydrogens is 296 g/mol. The summed E-state index contributed by atoms with van der Waals surface area (Å²) >= 11 is 0. The zero-order valence-corrected chi connectivity index (χ0v) is 14.0. The van der Waals surface area contributed by atoms with E-state index < -0.39 is 11.7 Å². The number of methoxy groups -OCH3 is 1. The van der Waals surface area contributed by atoms with E-state index in [1.807, 2.05) is 32.9 Å². The van der Waals surface area contributed by atoms with Gasteiger partial charge in [-0.05, 0) is 45.2 Å². The largest absolute Gasteiger partial charge is 0.489 e. The van der Waals surface area contributed by atoms with Crippen LogP contribution in [0.2, 0.25) is 0 Å². The van der Waals surface area contributed by atoms with Gasteiger partial charge in [0.1, 0.15) is 11.4 Å². The number of pyridine rings is 1. The van der Waals surface area contributed by atoms with Crippen molar-refractivity contribution in [3.05, 3.63) is 29.1 Å². The van der Waals surface area contributed by atoms with Crippen LogP contribution in [0.15, 0.2) is 17.9 Å². The molecule has 0 unspecified atom stereocenters. The van der Waals surface area contributed by atoms with Crippen LogP contribution >= 0.6 is 0 Å². The normalized spacial score (nSPS) is 13.8. The summed E-state index contributed by atoms with van der Waals surface area (Å²) in [6.45, 7) is 6.07. The second kappa shape index (κ2) is 6.84. The number of aryl methyl sites for hydroxylation is 1. The van der Waals surface area contributed by atoms with Crippen molar-refractivity contribution in [1.82, 2.24) is 4.98 Å². The van der Waals surface area contributed by atoms with Gasteiger partial charge in [0.25, 0.3) is 0 Å². The van der Waals surface area contributed by atoms with Crippen LogP contribution < -0.4 is 4.90 Å². The fourth-order valence-corrected chi connectivity index (χ4v) is 2.39. The minimum Gasteiger partial charge on any atom is -0.489 e. The SMILES string of the molecule is COC(=C=O)Cc1ccc2c(n1)N(C(=O)OC(C)(C)C)CCC2. The molecule has 1 aromatic heterocycles. The molecule has 0 N–H and O–H groups in total. The van der Waals surface area contributed by atoms with Gasteiger partial charge in [0.15, 0.2) is 11.7 Å². The quantitative estimate of drug-likeness (QED) is 0.633. The summed E-state index contributed by atoms with van der Waals surface area (Å²) in [5, 5.41) is 0. The van der Waals surface area contributed by atoms with Crippen molar-refractivity contribution in [3.8, 4) is 0 Å². The number of nitrogens with zero attached hydrogens (tertiary/aromatic N) is 2. The predicted molar refractivity (Wildman–Crippen MR) is 86.1 cm³/mol. The van der Waals surface area contributed by atoms with E-state index in [0.29, 0.717) is 18.1 Å². The molecule has 2 rings (SSSR count). The fourth-order valence-electron chi connectivity index (χ4n) is 2.39. The molecule has 6 heteroatoms. The Labute approximate surface area is 136 Å². The molecule has 1 aromatic rings. The number of aromatic nitrogens is 1. The minimum absolute atomic E-state index is 0.178. The van der Waals surface area contributed by atoms with Crippen molar-refractivity contribution in [2.45, 2.75) is 45.6 Å². The van der Waals surface area contributed by atoms with Crippen LogP contribution in [0.25, 0.3) is 0 Å². The van der Waals surface area contributed by atoms with Gasteiger partial charge in [0, 0.05) is 6.54 Å². The zero-order valence-electron chi connectivity index (χ0n) is 14.0. The lowest BCUT2D eigenvalue weighted by atomic mass is 10.0. The van der Waals surface area contributed by atoms with Crippen LogP contribution in [0.1, 0.15) is 38.4 Å². The monoisotopic (exact) mass is 318 g/mol. The van der Waals surface area contributed by atoms with Crippen LogP contribution in [0.4, 0.5) is 10.6 Å². The highest BCUT2D eigenvalue weighted by Gasteiger charge is 2.28. The third-order valence-electron chi connectivity index (χ3n) is 3.41. The van der Waals surface area contributed by atoms with Gasteiger partial charge >= 0.3 is 6.09 Å². The van der Waals surface area contributed by atoms with Crippen molar-refractivity contribution in [1.29, 1.82) is 0 Å². The number of anilines is 1. The van der Waals surface area contributed by atoms with Gasteiger partial charge in [-0.25, -0.2) is 14.6 Å². The smallest absolute Gasteiger partial charge is 0.416 e. The first-order chi connectivity index (χ1) is 10.8. The predicted octanol–water partition coefficient (Wildman–Crippen LogP) is 2.67. The maximum absolute atomic E-state index is 12.4. The number of ether oxygens (including phenoxy) is 2. The fraction of sp³-hybridized carbons (Fsp3) is 0.529. The Bertz CT molecular complexity index is 642. The van der Waals surface area contributed by atoms with Gasteiger partial charge in [0.2, 0.25) is 0 Å². The van der Waals surface area contributed by atoms with E-state index in [2.05, 4.69) is 4.98 Å². The number of fused-ring (bicyclic) bond motifs is 1. The summed E-state index contributed by atoms with van der Waals surface area (Å²) in [5.41, 5.74) is 1.09. The van der Waals surface area contributed by atoms with E-state index in [-0.39, 0.29) is 12.2 Å². The lowest BCUT2D eigenvalue weighted by Crippen LogP contribution is -2.40. The van der Waals surface area contributed by atoms with Crippen molar-refractivity contribution in [2.75, 3.05) is 18.6 Å². The van der Waals surface area contributed by atoms with Crippen LogP contribution in [0.5, 0.6) is 0 Å². The molecule has 2 heterocycles. The van der Waals surface area contributed by atoms with Gasteiger partial charge in [-0.3, -0.25) is 4.90 Å². The number of hydrogen-bond donors (Lipinski definition) is 0. The first kappa shape index (κ1) is 17.0. The van der Waals surface area contributed by atoms with E-state index in [1.54, 1.807) is 10.8 Å². The zero-order chi connectivity index (χ0) is 17.0. The Balaban J connectivity index is 2.28. The molecule has 0 aromatic carbocycles. The Kier molecular flexibility index (Phi) is 5.06. The molecule has 0 aliphatic carbocycles. The number of hydrogen-bond acceptors (Lipinski definition) is 5. The van der Waals surface area contributed by atoms with Gasteiger partial charge in [0.05, 0.1) is 19.2 Å². The first-order valence-corrected chi connectivity index (χ1v) is 7.61. The van der Waals surface area contributed by atoms with Crippen molar-refractivity contribution < 1.29 is 19.1 Å². The number of carbonyl (C=O) groups is 1. The molecule has 1 aliphatic rings. The highest BCUT2D eigenvalue weighted by atomic mass is 16.6. The van der Waals surface area contributed by atoms with E-state index >= 15 is 0 Å². The Hall–Kier alpha value is -2.33. The average Bonchev–Trinajstić information content (AvgIpc) is 2.50. The second-order valence-corrected chi connectivity index (χ2v) is 6.43. The minimum atomic E-state index is -0.560. The van der Waals surface area contributed by atoms with Gasteiger partial charge in [-0.1, -0.05) is 6.07 Å². The summed E-state index contributed by atoms with van der Waals surface area (Å²) < 4.78 is 10.4. The topological polar surface area (TPSA) is 68.7 Å². The van der Waals surface area contributed by atoms with Crippen LogP contribution in [0.3, 0.4) is 0 Å². The molecule has 0 fully saturated rings. The number of carbonyl (C=O) groups excluding carboxylic acids is 2. The van der Waals surface area contributed by atoms with Gasteiger partial charge < -0.3 is 9.47 Å². The summed E-state index contributed by atoms with van der Waals surface area (Å²) in [6.07, 6.45) is 1.57. The lowest BCUT2D eigenvalue weighted by molar-refractivity contribution is 0.0576. The van der Waals surface area contributed by atoms with E-state index in [9.17, 15) is 9.59 Å². The van der Waals surface area contributed by atoms with Crippen molar-refractivity contribution >= 4 is 17.9 Å². The molecule has 124 valence electrons. The number of allylic oxidation sites excluding steroid dienone is 1. The first-order valence-electron chi connectivity index (χ1n) is 7.61. The maximum atomic E-state index is 12.4. The molecule has 1 amide bonds. The van der Waals surface area contributed by atoms with Crippen LogP contribution in [-0.4, -0.2) is 36.3 Å². The number of amides is 1. The molecule has 6 nitrogen and oxygen atoms in total. The Morgan fingerprint density at radius 2 is 2.13 bits per heavy atom. The standard InChI is InChI=1S/C17H22N2O4/c1-17(2,3)23-16(21)19-9-5-6-12-7-8-13(18-15(12)19)10-14(11-20)22-4/h7-8H,5-6,9-10H2,1-4H3. The van der Waals surface area contributed by atoms with E-state index in [4.69, 9.17) is 9.47 Å². The summed E-state index contributed by atoms with van der Waals surface area (Å²) in [4.78, 5) is 29.2. The Morgan fingerprint density at radius 3 is 2.74 bits per heavy atom. The van der Waals surface area contributed by atoms with E-state index in [1.165, 1.54) is 7.11 Å². The van der Waals surface area contributed by atoms with Crippen LogP contribution in [0, 0.1) is 0 Å². The molecule has 0 radical (unpaired) electrons. The van der Waals surface area contributed by atoms with Gasteiger partial charge in [-0.15, -0.1) is 0 Å². The molecule has 0 atom stereocenters. The number of rotatable bonds is 3. The Morgan fingerprint density at radius 1 is 1.39 bits per heavy atom. The third kappa shape index (κ3) is 4.33. The maximum Gasteiger partial charge on any atom is 0.416 e. The van der Waals surface area contributed by atoms with E-state index in [0.717, 1.165) is 18.4 Å². The highest BCUT2D eigenvalue weighted by molar-refractivity contribution is 5.88. The molecule has 0 bridgehead atoms. The molecule has 0 saturated heterocycles. The lowest BCUT2D eigenvalue weighted by Gasteiger charge is -2.31. The van der Waals surface area contributed by atoms with Gasteiger partial charge in [-0.2, -0.15) is 0 Å². The van der Waals surface area contributed by atoms with Crippen LogP contribution in [-0.2, 0) is 27.1 Å². The molecule has 1 aliphatic heterocycles. The summed E-state index contributed by atoms with van der Waals surface area (Å²) in [5.74, 6) is 2.52. The summed E-state index contributed by atoms with van der Waals surface area (Å²) in [7, 11) is 1.42. The molecule has 23 heavy (non-hydrogen) atoms.